The number of nitrogens with zero attached hydrogens (tertiary/aromatic N) is 2. The first-order valence-corrected chi connectivity index (χ1v) is 10.3. The number of sulfonamides is 1. The average molecular weight is 390 g/mol. The summed E-state index contributed by atoms with van der Waals surface area (Å²) in [6, 6.07) is 3.25. The van der Waals surface area contributed by atoms with E-state index >= 15 is 0 Å². The molecule has 0 atom stereocenters. The summed E-state index contributed by atoms with van der Waals surface area (Å²) in [5.74, 6) is -0.410. The van der Waals surface area contributed by atoms with Gasteiger partial charge in [-0.05, 0) is 38.6 Å². The van der Waals surface area contributed by atoms with Crippen LogP contribution in [0.15, 0.2) is 21.7 Å². The topological polar surface area (TPSA) is 86.8 Å². The molecule has 0 aliphatic carbocycles. The van der Waals surface area contributed by atoms with Crippen molar-refractivity contribution in [2.24, 2.45) is 0 Å². The molecule has 0 bridgehead atoms. The molecular weight excluding hydrogens is 362 g/mol. The Morgan fingerprint density at radius 2 is 1.88 bits per heavy atom. The number of carbonyl (C=O) groups excluding carboxylic acids is 2. The Labute approximate surface area is 154 Å². The second-order valence-electron chi connectivity index (χ2n) is 6.91. The zero-order valence-corrected chi connectivity index (χ0v) is 17.0. The molecule has 2 amide bonds. The van der Waals surface area contributed by atoms with Crippen LogP contribution < -0.4 is 5.32 Å². The zero-order chi connectivity index (χ0) is 19.3. The molecule has 142 valence electrons. The van der Waals surface area contributed by atoms with Gasteiger partial charge in [0.1, 0.15) is 4.21 Å². The van der Waals surface area contributed by atoms with Crippen molar-refractivity contribution < 1.29 is 18.0 Å². The van der Waals surface area contributed by atoms with Gasteiger partial charge in [0.25, 0.3) is 10.0 Å². The van der Waals surface area contributed by atoms with Crippen LogP contribution in [0.3, 0.4) is 0 Å². The van der Waals surface area contributed by atoms with Crippen molar-refractivity contribution in [3.63, 3.8) is 0 Å². The van der Waals surface area contributed by atoms with Gasteiger partial charge in [-0.3, -0.25) is 9.59 Å². The largest absolute Gasteiger partial charge is 0.350 e. The van der Waals surface area contributed by atoms with Gasteiger partial charge in [0.15, 0.2) is 0 Å². The lowest BCUT2D eigenvalue weighted by atomic mass is 10.1. The molecule has 1 aromatic heterocycles. The Morgan fingerprint density at radius 1 is 1.24 bits per heavy atom. The molecule has 0 aromatic carbocycles. The minimum atomic E-state index is -3.49. The van der Waals surface area contributed by atoms with Crippen LogP contribution in [0.2, 0.25) is 0 Å². The van der Waals surface area contributed by atoms with E-state index in [9.17, 15) is 18.0 Å². The van der Waals surface area contributed by atoms with E-state index in [-0.39, 0.29) is 41.1 Å². The molecule has 0 radical (unpaired) electrons. The molecule has 9 heteroatoms. The van der Waals surface area contributed by atoms with E-state index in [4.69, 9.17) is 0 Å². The highest BCUT2D eigenvalue weighted by Gasteiger charge is 2.22. The summed E-state index contributed by atoms with van der Waals surface area (Å²) in [6.45, 7) is 5.84. The van der Waals surface area contributed by atoms with Crippen LogP contribution in [0.4, 0.5) is 0 Å². The third kappa shape index (κ3) is 7.13. The van der Waals surface area contributed by atoms with Gasteiger partial charge < -0.3 is 10.2 Å². The van der Waals surface area contributed by atoms with E-state index in [0.29, 0.717) is 6.42 Å². The first-order valence-electron chi connectivity index (χ1n) is 7.98. The SMILES string of the molecule is CN(CC(=O)NC(C)(C)C)C(=O)CCCN(C)S(=O)(=O)c1cccs1. The second-order valence-corrected chi connectivity index (χ2v) is 10.1. The number of thiophene rings is 1. The van der Waals surface area contributed by atoms with Gasteiger partial charge in [-0.2, -0.15) is 0 Å². The predicted octanol–water partition coefficient (Wildman–Crippen LogP) is 1.52. The highest BCUT2D eigenvalue weighted by molar-refractivity contribution is 7.91. The van der Waals surface area contributed by atoms with Crippen molar-refractivity contribution in [3.05, 3.63) is 17.5 Å². The minimum absolute atomic E-state index is 0.0144. The fraction of sp³-hybridized carbons (Fsp3) is 0.625. The highest BCUT2D eigenvalue weighted by atomic mass is 32.2. The lowest BCUT2D eigenvalue weighted by Gasteiger charge is -2.23. The molecule has 0 fully saturated rings. The molecule has 25 heavy (non-hydrogen) atoms. The maximum atomic E-state index is 12.3. The van der Waals surface area contributed by atoms with E-state index in [1.165, 1.54) is 16.3 Å². The number of rotatable bonds is 8. The summed E-state index contributed by atoms with van der Waals surface area (Å²) < 4.78 is 26.1. The average Bonchev–Trinajstić information content (AvgIpc) is 2.99. The minimum Gasteiger partial charge on any atom is -0.350 e. The maximum Gasteiger partial charge on any atom is 0.252 e. The van der Waals surface area contributed by atoms with Gasteiger partial charge in [0.2, 0.25) is 11.8 Å². The lowest BCUT2D eigenvalue weighted by molar-refractivity contribution is -0.135. The van der Waals surface area contributed by atoms with Gasteiger partial charge in [-0.25, -0.2) is 12.7 Å². The molecule has 0 saturated carbocycles. The first kappa shape index (κ1) is 21.6. The van der Waals surface area contributed by atoms with Gasteiger partial charge in [0, 0.05) is 32.6 Å². The van der Waals surface area contributed by atoms with Crippen LogP contribution in [-0.4, -0.2) is 62.2 Å². The Hall–Kier alpha value is -1.45. The van der Waals surface area contributed by atoms with Crippen molar-refractivity contribution in [1.82, 2.24) is 14.5 Å². The summed E-state index contributed by atoms with van der Waals surface area (Å²) in [5.41, 5.74) is -0.347. The van der Waals surface area contributed by atoms with Crippen LogP contribution in [0.5, 0.6) is 0 Å². The quantitative estimate of drug-likeness (QED) is 0.730. The number of likely N-dealkylation sites (N-methyl/N-ethyl adjacent to an activating group) is 1. The van der Waals surface area contributed by atoms with Gasteiger partial charge in [0.05, 0.1) is 6.54 Å². The van der Waals surface area contributed by atoms with Crippen molar-refractivity contribution in [2.75, 3.05) is 27.2 Å². The standard InChI is InChI=1S/C16H27N3O4S2/c1-16(2,3)17-13(20)12-18(4)14(21)8-6-10-19(5)25(22,23)15-9-7-11-24-15/h7,9,11H,6,8,10,12H2,1-5H3,(H,17,20). The summed E-state index contributed by atoms with van der Waals surface area (Å²) in [6.07, 6.45) is 0.578. The molecule has 0 aliphatic rings. The van der Waals surface area contributed by atoms with Crippen molar-refractivity contribution in [3.8, 4) is 0 Å². The fourth-order valence-electron chi connectivity index (χ4n) is 2.09. The van der Waals surface area contributed by atoms with Crippen LogP contribution >= 0.6 is 11.3 Å². The van der Waals surface area contributed by atoms with E-state index in [0.717, 1.165) is 11.3 Å². The lowest BCUT2D eigenvalue weighted by Crippen LogP contribution is -2.46. The highest BCUT2D eigenvalue weighted by Crippen LogP contribution is 2.20. The van der Waals surface area contributed by atoms with Crippen LogP contribution in [0.1, 0.15) is 33.6 Å². The van der Waals surface area contributed by atoms with Gasteiger partial charge in [-0.1, -0.05) is 6.07 Å². The molecule has 0 spiro atoms. The Bertz CT molecular complexity index is 679. The molecule has 1 aromatic rings. The summed E-state index contributed by atoms with van der Waals surface area (Å²) in [7, 11) is -0.424. The predicted molar refractivity (Wildman–Crippen MR) is 98.9 cm³/mol. The van der Waals surface area contributed by atoms with Crippen LogP contribution in [0.25, 0.3) is 0 Å². The van der Waals surface area contributed by atoms with Gasteiger partial charge >= 0.3 is 0 Å². The molecular formula is C16H27N3O4S2. The molecule has 7 nitrogen and oxygen atoms in total. The summed E-state index contributed by atoms with van der Waals surface area (Å²) in [5, 5.41) is 4.51. The van der Waals surface area contributed by atoms with Gasteiger partial charge in [-0.15, -0.1) is 11.3 Å². The smallest absolute Gasteiger partial charge is 0.252 e. The molecule has 1 N–H and O–H groups in total. The zero-order valence-electron chi connectivity index (χ0n) is 15.4. The van der Waals surface area contributed by atoms with Crippen molar-refractivity contribution >= 4 is 33.2 Å². The number of hydrogen-bond acceptors (Lipinski definition) is 5. The molecule has 0 saturated heterocycles. The number of amides is 2. The summed E-state index contributed by atoms with van der Waals surface area (Å²) >= 11 is 1.16. The van der Waals surface area contributed by atoms with Crippen LogP contribution in [-0.2, 0) is 19.6 Å². The summed E-state index contributed by atoms with van der Waals surface area (Å²) in [4.78, 5) is 25.3. The normalized spacial score (nSPS) is 12.2. The maximum absolute atomic E-state index is 12.3. The molecule has 1 heterocycles. The number of hydrogen-bond donors (Lipinski definition) is 1. The monoisotopic (exact) mass is 389 g/mol. The number of nitrogens with one attached hydrogen (secondary N) is 1. The molecule has 1 rings (SSSR count). The fourth-order valence-corrected chi connectivity index (χ4v) is 4.50. The van der Waals surface area contributed by atoms with Crippen LogP contribution in [0, 0.1) is 0 Å². The van der Waals surface area contributed by atoms with E-state index in [1.54, 1.807) is 24.6 Å². The Kier molecular flexibility index (Phi) is 7.58. The first-order chi connectivity index (χ1) is 11.4. The van der Waals surface area contributed by atoms with Crippen molar-refractivity contribution in [1.29, 1.82) is 0 Å². The number of carbonyl (C=O) groups is 2. The second kappa shape index (κ2) is 8.77. The van der Waals surface area contributed by atoms with E-state index in [1.807, 2.05) is 20.8 Å². The third-order valence-electron chi connectivity index (χ3n) is 3.34. The molecule has 0 aliphatic heterocycles. The molecule has 0 unspecified atom stereocenters. The van der Waals surface area contributed by atoms with E-state index < -0.39 is 10.0 Å². The van der Waals surface area contributed by atoms with E-state index in [2.05, 4.69) is 5.32 Å². The third-order valence-corrected chi connectivity index (χ3v) is 6.57. The van der Waals surface area contributed by atoms with Crippen molar-refractivity contribution in [2.45, 2.75) is 43.4 Å². The Balaban J connectivity index is 2.42. The Morgan fingerprint density at radius 3 is 2.40 bits per heavy atom.